The fourth-order valence-electron chi connectivity index (χ4n) is 3.92. The fourth-order valence-corrected chi connectivity index (χ4v) is 4.98. The summed E-state index contributed by atoms with van der Waals surface area (Å²) in [5.41, 5.74) is 2.43. The second-order valence-corrected chi connectivity index (χ2v) is 8.93. The van der Waals surface area contributed by atoms with Gasteiger partial charge in [0, 0.05) is 15.4 Å². The third kappa shape index (κ3) is 4.35. The molecule has 0 bridgehead atoms. The van der Waals surface area contributed by atoms with Gasteiger partial charge in [-0.3, -0.25) is 9.69 Å². The van der Waals surface area contributed by atoms with E-state index in [-0.39, 0.29) is 5.91 Å². The molecule has 1 aliphatic heterocycles. The molecule has 1 aromatic heterocycles. The van der Waals surface area contributed by atoms with Crippen molar-refractivity contribution in [1.29, 1.82) is 0 Å². The molecule has 0 spiro atoms. The number of amides is 1. The molecule has 178 valence electrons. The molecule has 1 atom stereocenters. The Kier molecular flexibility index (Phi) is 6.41. The van der Waals surface area contributed by atoms with E-state index in [4.69, 9.17) is 9.47 Å². The number of tetrazole rings is 1. The maximum absolute atomic E-state index is 13.8. The Bertz CT molecular complexity index is 1330. The summed E-state index contributed by atoms with van der Waals surface area (Å²) in [5, 5.41) is 12.9. The van der Waals surface area contributed by atoms with E-state index in [1.165, 1.54) is 4.80 Å². The molecule has 0 fully saturated rings. The van der Waals surface area contributed by atoms with Crippen LogP contribution in [0.3, 0.4) is 0 Å². The average Bonchev–Trinajstić information content (AvgIpc) is 3.38. The van der Waals surface area contributed by atoms with Crippen LogP contribution in [0.15, 0.2) is 76.5 Å². The molecule has 5 rings (SSSR count). The summed E-state index contributed by atoms with van der Waals surface area (Å²) in [7, 11) is 0. The smallest absolute Gasteiger partial charge is 0.258 e. The van der Waals surface area contributed by atoms with Crippen LogP contribution in [-0.4, -0.2) is 39.3 Å². The van der Waals surface area contributed by atoms with Gasteiger partial charge in [-0.15, -0.1) is 10.2 Å². The number of hydrogen-bond acceptors (Lipinski definition) is 7. The van der Waals surface area contributed by atoms with Crippen LogP contribution in [0.5, 0.6) is 11.5 Å². The van der Waals surface area contributed by atoms with Crippen LogP contribution >= 0.6 is 11.8 Å². The van der Waals surface area contributed by atoms with Crippen molar-refractivity contribution >= 4 is 29.0 Å². The molecule has 8 nitrogen and oxygen atoms in total. The van der Waals surface area contributed by atoms with E-state index in [0.29, 0.717) is 30.5 Å². The Hall–Kier alpha value is -3.85. The topological polar surface area (TPSA) is 82.4 Å². The van der Waals surface area contributed by atoms with E-state index < -0.39 is 6.04 Å². The summed E-state index contributed by atoms with van der Waals surface area (Å²) in [6.45, 7) is 6.66. The molecular weight excluding hydrogens is 462 g/mol. The second-order valence-electron chi connectivity index (χ2n) is 7.85. The highest BCUT2D eigenvalue weighted by molar-refractivity contribution is 7.99. The number of para-hydroxylation sites is 2. The first-order valence-electron chi connectivity index (χ1n) is 11.5. The van der Waals surface area contributed by atoms with E-state index in [2.05, 4.69) is 15.4 Å². The van der Waals surface area contributed by atoms with Gasteiger partial charge in [-0.25, -0.2) is 0 Å². The summed E-state index contributed by atoms with van der Waals surface area (Å²) >= 11 is 1.66. The normalized spacial score (nSPS) is 13.1. The van der Waals surface area contributed by atoms with E-state index in [0.717, 1.165) is 26.7 Å². The van der Waals surface area contributed by atoms with Gasteiger partial charge < -0.3 is 9.47 Å². The van der Waals surface area contributed by atoms with Gasteiger partial charge in [0.2, 0.25) is 5.82 Å². The molecular formula is C26H25N5O3S. The minimum Gasteiger partial charge on any atom is -0.490 e. The Morgan fingerprint density at radius 2 is 1.54 bits per heavy atom. The number of nitrogens with zero attached hydrogens (tertiary/aromatic N) is 5. The third-order valence-electron chi connectivity index (χ3n) is 5.59. The highest BCUT2D eigenvalue weighted by Gasteiger charge is 2.32. The van der Waals surface area contributed by atoms with Crippen molar-refractivity contribution in [2.24, 2.45) is 0 Å². The van der Waals surface area contributed by atoms with Crippen molar-refractivity contribution in [2.45, 2.75) is 36.6 Å². The van der Waals surface area contributed by atoms with Gasteiger partial charge >= 0.3 is 0 Å². The summed E-state index contributed by atoms with van der Waals surface area (Å²) in [6, 6.07) is 20.6. The first-order valence-corrected chi connectivity index (χ1v) is 12.3. The molecule has 0 unspecified atom stereocenters. The Labute approximate surface area is 207 Å². The van der Waals surface area contributed by atoms with Crippen molar-refractivity contribution in [2.75, 3.05) is 18.1 Å². The molecule has 0 aliphatic carbocycles. The van der Waals surface area contributed by atoms with Gasteiger partial charge in [0.25, 0.3) is 5.91 Å². The van der Waals surface area contributed by atoms with Crippen molar-refractivity contribution < 1.29 is 14.3 Å². The quantitative estimate of drug-likeness (QED) is 0.339. The van der Waals surface area contributed by atoms with Gasteiger partial charge in [0.1, 0.15) is 6.04 Å². The monoisotopic (exact) mass is 487 g/mol. The first kappa shape index (κ1) is 22.9. The fraction of sp³-hybridized carbons (Fsp3) is 0.231. The number of carbonyl (C=O) groups excluding carboxylic acids is 1. The van der Waals surface area contributed by atoms with Crippen LogP contribution in [0.1, 0.15) is 26.8 Å². The molecule has 35 heavy (non-hydrogen) atoms. The standard InChI is InChI=1S/C26H25N5O3S/c1-4-33-21-15-14-18(16-22(21)34-5-2)25-27-29-31(28-25)17(3)26(32)30-19-10-6-8-12-23(19)35-24-13-9-7-11-20(24)30/h6-17H,4-5H2,1-3H3/t17-/m0/s1. The van der Waals surface area contributed by atoms with Gasteiger partial charge in [-0.2, -0.15) is 4.80 Å². The number of rotatable bonds is 7. The van der Waals surface area contributed by atoms with E-state index in [1.54, 1.807) is 23.6 Å². The number of carbonyl (C=O) groups is 1. The third-order valence-corrected chi connectivity index (χ3v) is 6.72. The summed E-state index contributed by atoms with van der Waals surface area (Å²) in [5.74, 6) is 1.54. The van der Waals surface area contributed by atoms with Gasteiger partial charge in [0.05, 0.1) is 24.6 Å². The lowest BCUT2D eigenvalue weighted by Crippen LogP contribution is -2.35. The molecule has 4 aromatic rings. The van der Waals surface area contributed by atoms with E-state index in [1.807, 2.05) is 80.6 Å². The minimum absolute atomic E-state index is 0.143. The Balaban J connectivity index is 1.45. The zero-order chi connectivity index (χ0) is 24.4. The van der Waals surface area contributed by atoms with Gasteiger partial charge in [-0.05, 0) is 68.4 Å². The summed E-state index contributed by atoms with van der Waals surface area (Å²) in [6.07, 6.45) is 0. The van der Waals surface area contributed by atoms with E-state index in [9.17, 15) is 4.79 Å². The number of benzene rings is 3. The molecule has 1 aliphatic rings. The molecule has 0 radical (unpaired) electrons. The van der Waals surface area contributed by atoms with Crippen molar-refractivity contribution in [1.82, 2.24) is 20.2 Å². The molecule has 9 heteroatoms. The number of hydrogen-bond donors (Lipinski definition) is 0. The SMILES string of the molecule is CCOc1ccc(-c2nnn([C@@H](C)C(=O)N3c4ccccc4Sc4ccccc43)n2)cc1OCC. The molecule has 0 N–H and O–H groups in total. The molecule has 0 saturated carbocycles. The first-order chi connectivity index (χ1) is 17.1. The zero-order valence-electron chi connectivity index (χ0n) is 19.7. The molecule has 2 heterocycles. The lowest BCUT2D eigenvalue weighted by atomic mass is 10.2. The van der Waals surface area contributed by atoms with Crippen LogP contribution in [0, 0.1) is 0 Å². The number of anilines is 2. The zero-order valence-corrected chi connectivity index (χ0v) is 20.5. The maximum Gasteiger partial charge on any atom is 0.258 e. The molecule has 3 aromatic carbocycles. The number of aromatic nitrogens is 4. The minimum atomic E-state index is -0.672. The van der Waals surface area contributed by atoms with Crippen LogP contribution < -0.4 is 14.4 Å². The average molecular weight is 488 g/mol. The van der Waals surface area contributed by atoms with Crippen LogP contribution in [-0.2, 0) is 4.79 Å². The van der Waals surface area contributed by atoms with Crippen molar-refractivity contribution in [3.63, 3.8) is 0 Å². The summed E-state index contributed by atoms with van der Waals surface area (Å²) < 4.78 is 11.4. The van der Waals surface area contributed by atoms with Crippen molar-refractivity contribution in [3.8, 4) is 22.9 Å². The van der Waals surface area contributed by atoms with Crippen LogP contribution in [0.25, 0.3) is 11.4 Å². The van der Waals surface area contributed by atoms with Crippen LogP contribution in [0.4, 0.5) is 11.4 Å². The van der Waals surface area contributed by atoms with Gasteiger partial charge in [0.15, 0.2) is 11.5 Å². The molecule has 1 amide bonds. The van der Waals surface area contributed by atoms with Crippen molar-refractivity contribution in [3.05, 3.63) is 66.7 Å². The summed E-state index contributed by atoms with van der Waals surface area (Å²) in [4.78, 5) is 18.9. The molecule has 0 saturated heterocycles. The highest BCUT2D eigenvalue weighted by Crippen LogP contribution is 2.48. The Morgan fingerprint density at radius 1 is 0.914 bits per heavy atom. The maximum atomic E-state index is 13.8. The predicted octanol–water partition coefficient (Wildman–Crippen LogP) is 5.53. The number of ether oxygens (including phenoxy) is 2. The Morgan fingerprint density at radius 3 is 2.20 bits per heavy atom. The second kappa shape index (κ2) is 9.79. The van der Waals surface area contributed by atoms with Gasteiger partial charge in [-0.1, -0.05) is 36.0 Å². The largest absolute Gasteiger partial charge is 0.490 e. The number of fused-ring (bicyclic) bond motifs is 2. The predicted molar refractivity (Wildman–Crippen MR) is 134 cm³/mol. The lowest BCUT2D eigenvalue weighted by Gasteiger charge is -2.32. The highest BCUT2D eigenvalue weighted by atomic mass is 32.2. The van der Waals surface area contributed by atoms with E-state index >= 15 is 0 Å². The van der Waals surface area contributed by atoms with Crippen LogP contribution in [0.2, 0.25) is 0 Å². The lowest BCUT2D eigenvalue weighted by molar-refractivity contribution is -0.121.